The van der Waals surface area contributed by atoms with Gasteiger partial charge in [0.25, 0.3) is 5.92 Å². The van der Waals surface area contributed by atoms with Crippen molar-refractivity contribution in [1.82, 2.24) is 9.55 Å². The van der Waals surface area contributed by atoms with Crippen molar-refractivity contribution in [2.24, 2.45) is 0 Å². The molecule has 0 saturated carbocycles. The fourth-order valence-electron chi connectivity index (χ4n) is 1.50. The summed E-state index contributed by atoms with van der Waals surface area (Å²) in [5, 5.41) is 8.60. The molecule has 0 fully saturated rings. The third kappa shape index (κ3) is 1.47. The van der Waals surface area contributed by atoms with Crippen LogP contribution >= 0.6 is 0 Å². The number of carboxylic acids is 1. The van der Waals surface area contributed by atoms with Crippen molar-refractivity contribution in [3.05, 3.63) is 17.7 Å². The molecular weight excluding hydrogens is 194 g/mol. The molecule has 0 unspecified atom stereocenters. The predicted molar refractivity (Wildman–Crippen MR) is 42.5 cm³/mol. The van der Waals surface area contributed by atoms with Gasteiger partial charge in [-0.3, -0.25) is 0 Å². The summed E-state index contributed by atoms with van der Waals surface area (Å²) in [6.07, 6.45) is 0.572. The van der Waals surface area contributed by atoms with Gasteiger partial charge in [0, 0.05) is 19.2 Å². The average Bonchev–Trinajstić information content (AvgIpc) is 2.45. The van der Waals surface area contributed by atoms with E-state index < -0.39 is 18.3 Å². The van der Waals surface area contributed by atoms with Crippen LogP contribution in [0.15, 0.2) is 6.20 Å². The molecule has 0 radical (unpaired) electrons. The van der Waals surface area contributed by atoms with Crippen LogP contribution in [0.5, 0.6) is 0 Å². The van der Waals surface area contributed by atoms with Crippen LogP contribution in [0.1, 0.15) is 22.7 Å². The van der Waals surface area contributed by atoms with E-state index in [1.54, 1.807) is 0 Å². The maximum Gasteiger partial charge on any atom is 0.356 e. The smallest absolute Gasteiger partial charge is 0.356 e. The van der Waals surface area contributed by atoms with Crippen LogP contribution in [0.3, 0.4) is 0 Å². The predicted octanol–water partition coefficient (Wildman–Crippen LogP) is 1.16. The molecule has 1 aliphatic heterocycles. The third-order valence-corrected chi connectivity index (χ3v) is 2.21. The van der Waals surface area contributed by atoms with Gasteiger partial charge in [-0.2, -0.15) is 0 Å². The van der Waals surface area contributed by atoms with Crippen molar-refractivity contribution in [2.75, 3.05) is 0 Å². The van der Waals surface area contributed by atoms with Gasteiger partial charge in [-0.15, -0.1) is 0 Å². The Morgan fingerprint density at radius 2 is 2.36 bits per heavy atom. The van der Waals surface area contributed by atoms with E-state index in [1.165, 1.54) is 10.8 Å². The van der Waals surface area contributed by atoms with Crippen molar-refractivity contribution in [2.45, 2.75) is 25.3 Å². The molecule has 2 heterocycles. The Morgan fingerprint density at radius 3 is 3.00 bits per heavy atom. The van der Waals surface area contributed by atoms with E-state index in [2.05, 4.69) is 4.98 Å². The molecule has 0 aliphatic carbocycles. The van der Waals surface area contributed by atoms with Gasteiger partial charge < -0.3 is 9.67 Å². The molecule has 1 aliphatic rings. The monoisotopic (exact) mass is 202 g/mol. The van der Waals surface area contributed by atoms with Gasteiger partial charge >= 0.3 is 5.97 Å². The largest absolute Gasteiger partial charge is 0.476 e. The molecule has 0 aromatic carbocycles. The van der Waals surface area contributed by atoms with E-state index in [4.69, 9.17) is 5.11 Å². The van der Waals surface area contributed by atoms with Gasteiger partial charge in [0.1, 0.15) is 5.82 Å². The zero-order valence-electron chi connectivity index (χ0n) is 7.20. The molecule has 6 heteroatoms. The van der Waals surface area contributed by atoms with Crippen molar-refractivity contribution in [3.8, 4) is 0 Å². The molecule has 4 nitrogen and oxygen atoms in total. The first-order valence-electron chi connectivity index (χ1n) is 4.15. The molecule has 14 heavy (non-hydrogen) atoms. The summed E-state index contributed by atoms with van der Waals surface area (Å²) >= 11 is 0. The van der Waals surface area contributed by atoms with Crippen molar-refractivity contribution in [1.29, 1.82) is 0 Å². The molecule has 2 rings (SSSR count). The van der Waals surface area contributed by atoms with E-state index in [-0.39, 0.29) is 24.5 Å². The Labute approximate surface area is 78.2 Å². The number of alkyl halides is 2. The van der Waals surface area contributed by atoms with Gasteiger partial charge in [-0.1, -0.05) is 0 Å². The highest BCUT2D eigenvalue weighted by atomic mass is 19.3. The van der Waals surface area contributed by atoms with Crippen LogP contribution in [-0.2, 0) is 13.0 Å². The first kappa shape index (κ1) is 9.11. The summed E-state index contributed by atoms with van der Waals surface area (Å²) in [4.78, 5) is 14.1. The zero-order chi connectivity index (χ0) is 10.3. The number of nitrogens with zero attached hydrogens (tertiary/aromatic N) is 2. The number of hydrogen-bond acceptors (Lipinski definition) is 2. The van der Waals surface area contributed by atoms with Crippen LogP contribution in [0.4, 0.5) is 8.78 Å². The van der Waals surface area contributed by atoms with E-state index in [0.717, 1.165) is 0 Å². The molecule has 1 aromatic heterocycles. The Kier molecular flexibility index (Phi) is 1.80. The molecule has 0 atom stereocenters. The summed E-state index contributed by atoms with van der Waals surface area (Å²) in [6, 6.07) is 0. The number of aromatic nitrogens is 2. The number of aryl methyl sites for hydroxylation is 1. The normalized spacial score (nSPS) is 19.0. The van der Waals surface area contributed by atoms with Crippen LogP contribution in [0.25, 0.3) is 0 Å². The lowest BCUT2D eigenvalue weighted by atomic mass is 10.1. The second-order valence-corrected chi connectivity index (χ2v) is 3.32. The van der Waals surface area contributed by atoms with Gasteiger partial charge in [0.05, 0.1) is 6.42 Å². The van der Waals surface area contributed by atoms with Gasteiger partial charge in [-0.25, -0.2) is 18.6 Å². The second-order valence-electron chi connectivity index (χ2n) is 3.32. The lowest BCUT2D eigenvalue weighted by Gasteiger charge is -2.22. The Morgan fingerprint density at radius 1 is 1.64 bits per heavy atom. The van der Waals surface area contributed by atoms with Crippen molar-refractivity contribution >= 4 is 5.97 Å². The maximum atomic E-state index is 12.9. The number of aromatic carboxylic acids is 1. The third-order valence-electron chi connectivity index (χ3n) is 2.21. The van der Waals surface area contributed by atoms with Crippen molar-refractivity contribution < 1.29 is 18.7 Å². The van der Waals surface area contributed by atoms with Crippen LogP contribution < -0.4 is 0 Å². The van der Waals surface area contributed by atoms with Crippen LogP contribution in [0.2, 0.25) is 0 Å². The Balaban J connectivity index is 2.34. The molecule has 76 valence electrons. The summed E-state index contributed by atoms with van der Waals surface area (Å²) < 4.78 is 27.3. The molecule has 1 N–H and O–H groups in total. The summed E-state index contributed by atoms with van der Waals surface area (Å²) in [7, 11) is 0. The highest BCUT2D eigenvalue weighted by molar-refractivity contribution is 5.85. The minimum atomic E-state index is -2.75. The SMILES string of the molecule is O=C(O)c1cn2c(n1)CC(F)(F)CC2. The molecule has 0 bridgehead atoms. The Hall–Kier alpha value is -1.46. The van der Waals surface area contributed by atoms with E-state index in [9.17, 15) is 13.6 Å². The number of carboxylic acid groups (broad SMARTS) is 1. The number of halogens is 2. The zero-order valence-corrected chi connectivity index (χ0v) is 7.20. The maximum absolute atomic E-state index is 12.9. The topological polar surface area (TPSA) is 55.1 Å². The fourth-order valence-corrected chi connectivity index (χ4v) is 1.50. The number of rotatable bonds is 1. The first-order valence-corrected chi connectivity index (χ1v) is 4.15. The van der Waals surface area contributed by atoms with E-state index >= 15 is 0 Å². The average molecular weight is 202 g/mol. The summed E-state index contributed by atoms with van der Waals surface area (Å²) in [6.45, 7) is 0.128. The number of imidazole rings is 1. The summed E-state index contributed by atoms with van der Waals surface area (Å²) in [5.41, 5.74) is -0.169. The highest BCUT2D eigenvalue weighted by Crippen LogP contribution is 2.28. The van der Waals surface area contributed by atoms with Gasteiger partial charge in [0.15, 0.2) is 5.69 Å². The van der Waals surface area contributed by atoms with Crippen molar-refractivity contribution in [3.63, 3.8) is 0 Å². The minimum Gasteiger partial charge on any atom is -0.476 e. The lowest BCUT2D eigenvalue weighted by molar-refractivity contribution is -0.0238. The lowest BCUT2D eigenvalue weighted by Crippen LogP contribution is -2.29. The van der Waals surface area contributed by atoms with Gasteiger partial charge in [0.2, 0.25) is 0 Å². The standard InChI is InChI=1S/C8H8F2N2O2/c9-8(10)1-2-12-4-5(7(13)14)11-6(12)3-8/h4H,1-3H2,(H,13,14). The number of carbonyl (C=O) groups is 1. The molecule has 1 aromatic rings. The highest BCUT2D eigenvalue weighted by Gasteiger charge is 2.35. The quantitative estimate of drug-likeness (QED) is 0.743. The first-order chi connectivity index (χ1) is 6.48. The molecular formula is C8H8F2N2O2. The Bertz CT molecular complexity index is 387. The number of fused-ring (bicyclic) bond motifs is 1. The second kappa shape index (κ2) is 2.76. The van der Waals surface area contributed by atoms with Crippen LogP contribution in [-0.4, -0.2) is 26.5 Å². The molecule has 0 saturated heterocycles. The molecule has 0 amide bonds. The van der Waals surface area contributed by atoms with E-state index in [0.29, 0.717) is 0 Å². The molecule has 0 spiro atoms. The fraction of sp³-hybridized carbons (Fsp3) is 0.500. The van der Waals surface area contributed by atoms with Gasteiger partial charge in [-0.05, 0) is 0 Å². The number of hydrogen-bond donors (Lipinski definition) is 1. The summed E-state index contributed by atoms with van der Waals surface area (Å²) in [5.74, 6) is -3.79. The minimum absolute atomic E-state index is 0.128. The van der Waals surface area contributed by atoms with Crippen LogP contribution in [0, 0.1) is 0 Å². The van der Waals surface area contributed by atoms with E-state index in [1.807, 2.05) is 0 Å².